The van der Waals surface area contributed by atoms with Gasteiger partial charge in [0, 0.05) is 15.6 Å². The first-order valence-corrected chi connectivity index (χ1v) is 4.85. The second kappa shape index (κ2) is 3.37. The van der Waals surface area contributed by atoms with Gasteiger partial charge in [-0.15, -0.1) is 11.3 Å². The lowest BCUT2D eigenvalue weighted by molar-refractivity contribution is 0.275. The fraction of sp³-hybridized carbons (Fsp3) is 0.100. The van der Waals surface area contributed by atoms with Gasteiger partial charge in [-0.1, -0.05) is 0 Å². The first kappa shape index (κ1) is 9.13. The maximum absolute atomic E-state index is 13.3. The Morgan fingerprint density at radius 2 is 2.36 bits per heavy atom. The smallest absolute Gasteiger partial charge is 0.131 e. The molecular formula is C10H6FNOS. The van der Waals surface area contributed by atoms with E-state index in [1.54, 1.807) is 11.4 Å². The molecule has 2 nitrogen and oxygen atoms in total. The molecule has 0 atom stereocenters. The zero-order chi connectivity index (χ0) is 10.1. The minimum absolute atomic E-state index is 0.0819. The number of hydrogen-bond acceptors (Lipinski definition) is 3. The van der Waals surface area contributed by atoms with Crippen LogP contribution < -0.4 is 0 Å². The standard InChI is InChI=1S/C10H6FNOS/c11-9-3-10-6(1-2-14-10)7(4-12)8(9)5-13/h1-3,13H,5H2. The van der Waals surface area contributed by atoms with Gasteiger partial charge in [0.1, 0.15) is 11.9 Å². The van der Waals surface area contributed by atoms with Gasteiger partial charge in [-0.2, -0.15) is 5.26 Å². The number of fused-ring (bicyclic) bond motifs is 1. The zero-order valence-electron chi connectivity index (χ0n) is 7.12. The monoisotopic (exact) mass is 207 g/mol. The highest BCUT2D eigenvalue weighted by Crippen LogP contribution is 2.28. The van der Waals surface area contributed by atoms with E-state index in [0.29, 0.717) is 5.39 Å². The lowest BCUT2D eigenvalue weighted by Crippen LogP contribution is -1.94. The van der Waals surface area contributed by atoms with E-state index in [9.17, 15) is 4.39 Å². The number of rotatable bonds is 1. The Hall–Kier alpha value is -1.44. The van der Waals surface area contributed by atoms with Gasteiger partial charge in [0.2, 0.25) is 0 Å². The fourth-order valence-electron chi connectivity index (χ4n) is 1.41. The number of nitrogens with zero attached hydrogens (tertiary/aromatic N) is 1. The molecule has 0 amide bonds. The van der Waals surface area contributed by atoms with Crippen molar-refractivity contribution in [3.05, 3.63) is 34.5 Å². The van der Waals surface area contributed by atoms with Crippen LogP contribution in [0.1, 0.15) is 11.1 Å². The van der Waals surface area contributed by atoms with E-state index in [1.165, 1.54) is 17.4 Å². The van der Waals surface area contributed by atoms with E-state index in [2.05, 4.69) is 0 Å². The third-order valence-electron chi connectivity index (χ3n) is 2.08. The lowest BCUT2D eigenvalue weighted by Gasteiger charge is -2.02. The summed E-state index contributed by atoms with van der Waals surface area (Å²) >= 11 is 1.38. The number of aliphatic hydroxyl groups is 1. The van der Waals surface area contributed by atoms with Gasteiger partial charge in [-0.05, 0) is 17.5 Å². The van der Waals surface area contributed by atoms with Crippen molar-refractivity contribution >= 4 is 21.4 Å². The summed E-state index contributed by atoms with van der Waals surface area (Å²) in [6.45, 7) is -0.444. The highest BCUT2D eigenvalue weighted by atomic mass is 32.1. The van der Waals surface area contributed by atoms with Crippen molar-refractivity contribution in [2.75, 3.05) is 0 Å². The second-order valence-electron chi connectivity index (χ2n) is 2.81. The molecule has 1 heterocycles. The Bertz CT molecular complexity index is 527. The third kappa shape index (κ3) is 1.18. The van der Waals surface area contributed by atoms with Gasteiger partial charge in [0.15, 0.2) is 0 Å². The van der Waals surface area contributed by atoms with E-state index in [1.807, 2.05) is 6.07 Å². The topological polar surface area (TPSA) is 44.0 Å². The fourth-order valence-corrected chi connectivity index (χ4v) is 2.23. The molecule has 14 heavy (non-hydrogen) atoms. The van der Waals surface area contributed by atoms with Crippen molar-refractivity contribution in [3.63, 3.8) is 0 Å². The van der Waals surface area contributed by atoms with Gasteiger partial charge in [-0.25, -0.2) is 4.39 Å². The minimum Gasteiger partial charge on any atom is -0.392 e. The van der Waals surface area contributed by atoms with Crippen molar-refractivity contribution in [1.82, 2.24) is 0 Å². The number of benzene rings is 1. The molecule has 4 heteroatoms. The van der Waals surface area contributed by atoms with E-state index in [4.69, 9.17) is 10.4 Å². The van der Waals surface area contributed by atoms with Gasteiger partial charge in [0.25, 0.3) is 0 Å². The molecule has 70 valence electrons. The molecule has 0 bridgehead atoms. The lowest BCUT2D eigenvalue weighted by atomic mass is 10.0. The largest absolute Gasteiger partial charge is 0.392 e. The quantitative estimate of drug-likeness (QED) is 0.780. The molecule has 0 radical (unpaired) electrons. The summed E-state index contributed by atoms with van der Waals surface area (Å²) in [5, 5.41) is 20.3. The van der Waals surface area contributed by atoms with Crippen LogP contribution in [0.4, 0.5) is 4.39 Å². The van der Waals surface area contributed by atoms with Crippen LogP contribution in [0, 0.1) is 17.1 Å². The third-order valence-corrected chi connectivity index (χ3v) is 2.95. The molecule has 1 aromatic heterocycles. The first-order valence-electron chi connectivity index (χ1n) is 3.97. The predicted molar refractivity (Wildman–Crippen MR) is 52.4 cm³/mol. The van der Waals surface area contributed by atoms with Crippen LogP contribution in [0.2, 0.25) is 0 Å². The molecule has 0 spiro atoms. The number of thiophene rings is 1. The average Bonchev–Trinajstić information content (AvgIpc) is 2.62. The molecule has 0 aliphatic rings. The second-order valence-corrected chi connectivity index (χ2v) is 3.76. The van der Waals surface area contributed by atoms with E-state index < -0.39 is 12.4 Å². The Morgan fingerprint density at radius 3 is 3.00 bits per heavy atom. The van der Waals surface area contributed by atoms with Gasteiger partial charge in [-0.3, -0.25) is 0 Å². The maximum Gasteiger partial charge on any atom is 0.131 e. The van der Waals surface area contributed by atoms with Crippen LogP contribution in [0.15, 0.2) is 17.5 Å². The van der Waals surface area contributed by atoms with Gasteiger partial charge < -0.3 is 5.11 Å². The van der Waals surface area contributed by atoms with Gasteiger partial charge in [0.05, 0.1) is 12.2 Å². The molecular weight excluding hydrogens is 201 g/mol. The summed E-state index contributed by atoms with van der Waals surface area (Å²) in [6.07, 6.45) is 0. The SMILES string of the molecule is N#Cc1c(CO)c(F)cc2sccc12. The zero-order valence-corrected chi connectivity index (χ0v) is 7.94. The number of hydrogen-bond donors (Lipinski definition) is 1. The summed E-state index contributed by atoms with van der Waals surface area (Å²) in [4.78, 5) is 0. The summed E-state index contributed by atoms with van der Waals surface area (Å²) in [7, 11) is 0. The van der Waals surface area contributed by atoms with Crippen LogP contribution in [-0.2, 0) is 6.61 Å². The van der Waals surface area contributed by atoms with Crippen molar-refractivity contribution < 1.29 is 9.50 Å². The van der Waals surface area contributed by atoms with Crippen LogP contribution in [0.5, 0.6) is 0 Å². The summed E-state index contributed by atoms with van der Waals surface area (Å²) in [5.41, 5.74) is 0.321. The molecule has 0 saturated heterocycles. The molecule has 0 saturated carbocycles. The normalized spacial score (nSPS) is 10.4. The van der Waals surface area contributed by atoms with Crippen LogP contribution in [0.25, 0.3) is 10.1 Å². The number of aliphatic hydroxyl groups excluding tert-OH is 1. The molecule has 2 rings (SSSR count). The number of halogens is 1. The van der Waals surface area contributed by atoms with Crippen molar-refractivity contribution in [2.24, 2.45) is 0 Å². The van der Waals surface area contributed by atoms with Gasteiger partial charge >= 0.3 is 0 Å². The maximum atomic E-state index is 13.3. The summed E-state index contributed by atoms with van der Waals surface area (Å²) < 4.78 is 14.1. The Kier molecular flexibility index (Phi) is 2.20. The molecule has 0 aliphatic heterocycles. The Morgan fingerprint density at radius 1 is 1.57 bits per heavy atom. The van der Waals surface area contributed by atoms with Crippen LogP contribution in [0.3, 0.4) is 0 Å². The summed E-state index contributed by atoms with van der Waals surface area (Å²) in [5.74, 6) is -0.515. The molecule has 1 N–H and O–H groups in total. The van der Waals surface area contributed by atoms with E-state index >= 15 is 0 Å². The first-order chi connectivity index (χ1) is 6.77. The highest BCUT2D eigenvalue weighted by molar-refractivity contribution is 7.17. The van der Waals surface area contributed by atoms with Crippen LogP contribution in [-0.4, -0.2) is 5.11 Å². The number of nitriles is 1. The van der Waals surface area contributed by atoms with Crippen molar-refractivity contribution in [2.45, 2.75) is 6.61 Å². The molecule has 2 aromatic rings. The van der Waals surface area contributed by atoms with Crippen molar-refractivity contribution in [3.8, 4) is 6.07 Å². The van der Waals surface area contributed by atoms with E-state index in [-0.39, 0.29) is 11.1 Å². The highest BCUT2D eigenvalue weighted by Gasteiger charge is 2.12. The minimum atomic E-state index is -0.515. The van der Waals surface area contributed by atoms with Crippen molar-refractivity contribution in [1.29, 1.82) is 5.26 Å². The molecule has 0 unspecified atom stereocenters. The van der Waals surface area contributed by atoms with Crippen LogP contribution >= 0.6 is 11.3 Å². The average molecular weight is 207 g/mol. The Labute approximate surface area is 83.8 Å². The summed E-state index contributed by atoms with van der Waals surface area (Å²) in [6, 6.07) is 5.04. The predicted octanol–water partition coefficient (Wildman–Crippen LogP) is 2.40. The molecule has 0 aliphatic carbocycles. The molecule has 1 aromatic carbocycles. The van der Waals surface area contributed by atoms with E-state index in [0.717, 1.165) is 4.70 Å². The Balaban J connectivity index is 2.91. The molecule has 0 fully saturated rings.